The second kappa shape index (κ2) is 7.00. The fourth-order valence-electron chi connectivity index (χ4n) is 4.22. The van der Waals surface area contributed by atoms with Crippen molar-refractivity contribution in [3.05, 3.63) is 17.7 Å². The van der Waals surface area contributed by atoms with Crippen molar-refractivity contribution in [2.75, 3.05) is 25.5 Å². The molecule has 2 aromatic rings. The predicted molar refractivity (Wildman–Crippen MR) is 107 cm³/mol. The summed E-state index contributed by atoms with van der Waals surface area (Å²) in [6.07, 6.45) is 7.26. The van der Waals surface area contributed by atoms with Crippen LogP contribution in [0.2, 0.25) is 0 Å². The summed E-state index contributed by atoms with van der Waals surface area (Å²) < 4.78 is 11.1. The van der Waals surface area contributed by atoms with Crippen molar-refractivity contribution in [3.63, 3.8) is 0 Å². The SMILES string of the molecule is COc1nc(-c2nnc(N[C@@H](C)C(=O)N3CCC4(CC3)CC4)o2)ccc1C1CC1. The van der Waals surface area contributed by atoms with Crippen LogP contribution in [-0.4, -0.2) is 52.2 Å². The van der Waals surface area contributed by atoms with Crippen molar-refractivity contribution >= 4 is 11.9 Å². The zero-order valence-corrected chi connectivity index (χ0v) is 17.0. The molecule has 0 radical (unpaired) electrons. The van der Waals surface area contributed by atoms with Crippen LogP contribution in [0.5, 0.6) is 5.88 Å². The number of nitrogens with one attached hydrogen (secondary N) is 1. The summed E-state index contributed by atoms with van der Waals surface area (Å²) in [7, 11) is 1.62. The van der Waals surface area contributed by atoms with Gasteiger partial charge in [0.1, 0.15) is 11.7 Å². The molecule has 0 unspecified atom stereocenters. The number of aromatic nitrogens is 3. The van der Waals surface area contributed by atoms with Gasteiger partial charge in [0.05, 0.1) is 7.11 Å². The molecule has 2 aliphatic carbocycles. The van der Waals surface area contributed by atoms with E-state index in [2.05, 4.69) is 20.5 Å². The van der Waals surface area contributed by atoms with Crippen molar-refractivity contribution in [1.82, 2.24) is 20.1 Å². The molecule has 1 spiro atoms. The summed E-state index contributed by atoms with van der Waals surface area (Å²) in [5.74, 6) is 1.54. The molecule has 5 rings (SSSR count). The van der Waals surface area contributed by atoms with Gasteiger partial charge in [0.2, 0.25) is 11.8 Å². The second-order valence-corrected chi connectivity index (χ2v) is 8.67. The molecule has 154 valence electrons. The average Bonchev–Trinajstić information content (AvgIpc) is 3.68. The molecule has 3 fully saturated rings. The van der Waals surface area contributed by atoms with E-state index in [1.807, 2.05) is 24.0 Å². The molecule has 0 bridgehead atoms. The van der Waals surface area contributed by atoms with Crippen molar-refractivity contribution in [2.24, 2.45) is 5.41 Å². The standard InChI is InChI=1S/C21H27N5O3/c1-13(19(27)26-11-9-21(7-8-21)10-12-26)22-20-25-24-18(29-20)16-6-5-15(14-3-4-14)17(23-16)28-2/h5-6,13-14H,3-4,7-12H2,1-2H3,(H,22,25)/t13-/m0/s1. The highest BCUT2D eigenvalue weighted by molar-refractivity contribution is 5.83. The summed E-state index contributed by atoms with van der Waals surface area (Å²) in [5.41, 5.74) is 2.25. The van der Waals surface area contributed by atoms with Gasteiger partial charge < -0.3 is 19.4 Å². The Morgan fingerprint density at radius 1 is 1.24 bits per heavy atom. The topological polar surface area (TPSA) is 93.4 Å². The van der Waals surface area contributed by atoms with Crippen molar-refractivity contribution < 1.29 is 13.9 Å². The van der Waals surface area contributed by atoms with Gasteiger partial charge in [-0.15, -0.1) is 5.10 Å². The summed E-state index contributed by atoms with van der Waals surface area (Å²) >= 11 is 0. The number of anilines is 1. The number of methoxy groups -OCH3 is 1. The van der Waals surface area contributed by atoms with Crippen molar-refractivity contribution in [1.29, 1.82) is 0 Å². The van der Waals surface area contributed by atoms with Crippen LogP contribution >= 0.6 is 0 Å². The van der Waals surface area contributed by atoms with E-state index in [4.69, 9.17) is 9.15 Å². The molecule has 3 aliphatic rings. The molecule has 1 N–H and O–H groups in total. The molecule has 1 atom stereocenters. The Bertz CT molecular complexity index is 909. The van der Waals surface area contributed by atoms with Crippen LogP contribution in [0.1, 0.15) is 56.9 Å². The molecule has 0 aromatic carbocycles. The van der Waals surface area contributed by atoms with Crippen molar-refractivity contribution in [3.8, 4) is 17.5 Å². The molecule has 2 aromatic heterocycles. The lowest BCUT2D eigenvalue weighted by molar-refractivity contribution is -0.133. The maximum absolute atomic E-state index is 12.7. The van der Waals surface area contributed by atoms with Gasteiger partial charge in [-0.1, -0.05) is 11.2 Å². The monoisotopic (exact) mass is 397 g/mol. The van der Waals surface area contributed by atoms with Crippen LogP contribution in [0.15, 0.2) is 16.5 Å². The van der Waals surface area contributed by atoms with Gasteiger partial charge in [0.15, 0.2) is 0 Å². The van der Waals surface area contributed by atoms with Crippen LogP contribution in [0.3, 0.4) is 0 Å². The number of carbonyl (C=O) groups is 1. The molecule has 1 aliphatic heterocycles. The van der Waals surface area contributed by atoms with E-state index in [-0.39, 0.29) is 11.9 Å². The number of carbonyl (C=O) groups excluding carboxylic acids is 1. The number of pyridine rings is 1. The fraction of sp³-hybridized carbons (Fsp3) is 0.619. The zero-order valence-electron chi connectivity index (χ0n) is 17.0. The van der Waals surface area contributed by atoms with Gasteiger partial charge in [-0.05, 0) is 62.8 Å². The van der Waals surface area contributed by atoms with Gasteiger partial charge in [0.25, 0.3) is 5.89 Å². The molecular formula is C21H27N5O3. The Morgan fingerprint density at radius 2 is 2.00 bits per heavy atom. The number of ether oxygens (including phenoxy) is 1. The molecule has 1 amide bonds. The maximum atomic E-state index is 12.7. The minimum absolute atomic E-state index is 0.0776. The Labute approximate surface area is 170 Å². The third kappa shape index (κ3) is 3.68. The quantitative estimate of drug-likeness (QED) is 0.800. The van der Waals surface area contributed by atoms with Gasteiger partial charge in [0, 0.05) is 18.7 Å². The molecular weight excluding hydrogens is 370 g/mol. The highest BCUT2D eigenvalue weighted by Gasteiger charge is 2.45. The lowest BCUT2D eigenvalue weighted by atomic mass is 9.93. The van der Waals surface area contributed by atoms with E-state index in [0.29, 0.717) is 28.8 Å². The van der Waals surface area contributed by atoms with Crippen LogP contribution in [-0.2, 0) is 4.79 Å². The molecule has 8 heteroatoms. The van der Waals surface area contributed by atoms with E-state index in [1.165, 1.54) is 25.7 Å². The van der Waals surface area contributed by atoms with Crippen LogP contribution < -0.4 is 10.1 Å². The second-order valence-electron chi connectivity index (χ2n) is 8.67. The first-order valence-corrected chi connectivity index (χ1v) is 10.5. The van der Waals surface area contributed by atoms with Gasteiger partial charge in [-0.2, -0.15) is 0 Å². The summed E-state index contributed by atoms with van der Waals surface area (Å²) in [6.45, 7) is 3.52. The average molecular weight is 397 g/mol. The first-order chi connectivity index (χ1) is 14.1. The highest BCUT2D eigenvalue weighted by Crippen LogP contribution is 2.53. The van der Waals surface area contributed by atoms with Crippen molar-refractivity contribution in [2.45, 2.75) is 57.4 Å². The van der Waals surface area contributed by atoms with Crippen LogP contribution in [0.4, 0.5) is 6.01 Å². The number of nitrogens with zero attached hydrogens (tertiary/aromatic N) is 4. The lowest BCUT2D eigenvalue weighted by Crippen LogP contribution is -2.45. The Kier molecular flexibility index (Phi) is 4.44. The smallest absolute Gasteiger partial charge is 0.316 e. The van der Waals surface area contributed by atoms with Gasteiger partial charge >= 0.3 is 6.01 Å². The van der Waals surface area contributed by atoms with E-state index in [9.17, 15) is 4.79 Å². The number of likely N-dealkylation sites (tertiary alicyclic amines) is 1. The summed E-state index contributed by atoms with van der Waals surface area (Å²) in [6, 6.07) is 3.70. The van der Waals surface area contributed by atoms with E-state index in [1.54, 1.807) is 7.11 Å². The van der Waals surface area contributed by atoms with E-state index >= 15 is 0 Å². The number of piperidine rings is 1. The number of hydrogen-bond donors (Lipinski definition) is 1. The molecule has 2 saturated carbocycles. The Hall–Kier alpha value is -2.64. The van der Waals surface area contributed by atoms with Crippen LogP contribution in [0, 0.1) is 5.41 Å². The minimum Gasteiger partial charge on any atom is -0.481 e. The van der Waals surface area contributed by atoms with E-state index in [0.717, 1.165) is 31.5 Å². The normalized spacial score (nSPS) is 21.1. The van der Waals surface area contributed by atoms with E-state index < -0.39 is 6.04 Å². The number of amides is 1. The maximum Gasteiger partial charge on any atom is 0.316 e. The minimum atomic E-state index is -0.420. The summed E-state index contributed by atoms with van der Waals surface area (Å²) in [5, 5.41) is 11.2. The lowest BCUT2D eigenvalue weighted by Gasteiger charge is -2.33. The largest absolute Gasteiger partial charge is 0.481 e. The number of rotatable bonds is 6. The Balaban J connectivity index is 1.23. The summed E-state index contributed by atoms with van der Waals surface area (Å²) in [4.78, 5) is 19.2. The molecule has 3 heterocycles. The first kappa shape index (κ1) is 18.4. The fourth-order valence-corrected chi connectivity index (χ4v) is 4.22. The van der Waals surface area contributed by atoms with Gasteiger partial charge in [-0.25, -0.2) is 4.98 Å². The zero-order chi connectivity index (χ0) is 20.0. The predicted octanol–water partition coefficient (Wildman–Crippen LogP) is 3.22. The number of hydrogen-bond acceptors (Lipinski definition) is 7. The van der Waals surface area contributed by atoms with Gasteiger partial charge in [-0.3, -0.25) is 4.79 Å². The third-order valence-electron chi connectivity index (χ3n) is 6.55. The highest BCUT2D eigenvalue weighted by atomic mass is 16.5. The van der Waals surface area contributed by atoms with Crippen LogP contribution in [0.25, 0.3) is 11.6 Å². The Morgan fingerprint density at radius 3 is 2.66 bits per heavy atom. The molecule has 29 heavy (non-hydrogen) atoms. The molecule has 8 nitrogen and oxygen atoms in total. The third-order valence-corrected chi connectivity index (χ3v) is 6.55. The molecule has 1 saturated heterocycles. The first-order valence-electron chi connectivity index (χ1n) is 10.5.